The first kappa shape index (κ1) is 44.5. The molecule has 0 aromatic heterocycles. The summed E-state index contributed by atoms with van der Waals surface area (Å²) in [5.41, 5.74) is 0.474. The first-order valence-corrected chi connectivity index (χ1v) is 16.3. The topological polar surface area (TPSA) is 67.9 Å². The Morgan fingerprint density at radius 2 is 1.39 bits per heavy atom. The number of likely N-dealkylation sites (N-methyl/N-ethyl adjacent to an activating group) is 1. The molecule has 0 spiro atoms. The highest BCUT2D eigenvalue weighted by Crippen LogP contribution is 2.40. The van der Waals surface area contributed by atoms with E-state index in [9.17, 15) is 9.59 Å². The lowest BCUT2D eigenvalue weighted by Crippen LogP contribution is -2.37. The van der Waals surface area contributed by atoms with E-state index in [1.807, 2.05) is 27.7 Å². The van der Waals surface area contributed by atoms with Gasteiger partial charge in [-0.3, -0.25) is 9.69 Å². The molecular formula is C35H74N2O4. The predicted molar refractivity (Wildman–Crippen MR) is 179 cm³/mol. The van der Waals surface area contributed by atoms with Crippen molar-refractivity contribution < 1.29 is 19.1 Å². The van der Waals surface area contributed by atoms with Crippen molar-refractivity contribution in [1.29, 1.82) is 0 Å². The van der Waals surface area contributed by atoms with Crippen molar-refractivity contribution >= 4 is 12.2 Å². The first-order valence-electron chi connectivity index (χ1n) is 16.3. The van der Waals surface area contributed by atoms with E-state index in [1.54, 1.807) is 14.2 Å². The van der Waals surface area contributed by atoms with Crippen LogP contribution in [0.15, 0.2) is 0 Å². The number of hydrogen-bond donors (Lipinski definition) is 1. The van der Waals surface area contributed by atoms with Gasteiger partial charge in [0.25, 0.3) is 0 Å². The third-order valence-electron chi connectivity index (χ3n) is 7.61. The van der Waals surface area contributed by atoms with Crippen molar-refractivity contribution in [3.05, 3.63) is 0 Å². The Morgan fingerprint density at radius 3 is 1.83 bits per heavy atom. The number of methoxy groups -OCH3 is 2. The zero-order chi connectivity index (χ0) is 32.9. The van der Waals surface area contributed by atoms with Crippen LogP contribution in [0.2, 0.25) is 0 Å². The van der Waals surface area contributed by atoms with E-state index in [1.165, 1.54) is 12.8 Å². The average Bonchev–Trinajstić information content (AvgIpc) is 3.22. The lowest BCUT2D eigenvalue weighted by atomic mass is 9.71. The highest BCUT2D eigenvalue weighted by molar-refractivity contribution is 5.75. The molecule has 41 heavy (non-hydrogen) atoms. The molecule has 248 valence electrons. The van der Waals surface area contributed by atoms with Gasteiger partial charge >= 0.3 is 0 Å². The SMILES string of the molecule is CC.CC.CCCC(C)(C)CC(C)(C)CCC(=O)NCC(C)(C)CC(C)(C)CC=O.COCC1CC(OC)CN1C. The second-order valence-electron chi connectivity index (χ2n) is 14.6. The van der Waals surface area contributed by atoms with Crippen LogP contribution in [0.4, 0.5) is 0 Å². The number of rotatable bonds is 16. The van der Waals surface area contributed by atoms with E-state index in [2.05, 4.69) is 79.6 Å². The minimum Gasteiger partial charge on any atom is -0.383 e. The zero-order valence-corrected chi connectivity index (χ0v) is 30.6. The third-order valence-corrected chi connectivity index (χ3v) is 7.61. The standard InChI is InChI=1S/C23H45NO2.C8H17NO2.2C2H6/c1-10-12-20(2,3)16-21(4,5)13-11-19(26)24-18-23(8,9)17-22(6,7)14-15-25;1-9-5-8(11-3)4-7(9)6-10-2;2*1-2/h15H,10-14,16-18H2,1-9H3,(H,24,26);7-8H,4-6H2,1-3H3;2*1-2H3. The van der Waals surface area contributed by atoms with Crippen molar-refractivity contribution in [2.75, 3.05) is 41.0 Å². The molecule has 6 nitrogen and oxygen atoms in total. The fraction of sp³-hybridized carbons (Fsp3) is 0.943. The molecule has 0 aliphatic carbocycles. The highest BCUT2D eigenvalue weighted by Gasteiger charge is 2.31. The second-order valence-corrected chi connectivity index (χ2v) is 14.6. The number of amides is 1. The van der Waals surface area contributed by atoms with E-state index < -0.39 is 0 Å². The van der Waals surface area contributed by atoms with Crippen molar-refractivity contribution in [3.8, 4) is 0 Å². The summed E-state index contributed by atoms with van der Waals surface area (Å²) in [4.78, 5) is 25.5. The Bertz CT molecular complexity index is 659. The van der Waals surface area contributed by atoms with Crippen LogP contribution in [-0.2, 0) is 19.1 Å². The summed E-state index contributed by atoms with van der Waals surface area (Å²) in [6.07, 6.45) is 9.06. The van der Waals surface area contributed by atoms with Crippen LogP contribution in [0.5, 0.6) is 0 Å². The van der Waals surface area contributed by atoms with Crippen LogP contribution >= 0.6 is 0 Å². The molecular weight excluding hydrogens is 512 g/mol. The smallest absolute Gasteiger partial charge is 0.220 e. The van der Waals surface area contributed by atoms with Gasteiger partial charge in [-0.05, 0) is 60.8 Å². The van der Waals surface area contributed by atoms with Crippen molar-refractivity contribution in [2.24, 2.45) is 21.7 Å². The third kappa shape index (κ3) is 23.2. The Morgan fingerprint density at radius 1 is 0.878 bits per heavy atom. The van der Waals surface area contributed by atoms with Crippen LogP contribution < -0.4 is 5.32 Å². The maximum Gasteiger partial charge on any atom is 0.220 e. The summed E-state index contributed by atoms with van der Waals surface area (Å²) < 4.78 is 10.4. The van der Waals surface area contributed by atoms with Gasteiger partial charge in [-0.25, -0.2) is 0 Å². The van der Waals surface area contributed by atoms with E-state index >= 15 is 0 Å². The number of nitrogens with one attached hydrogen (secondary N) is 1. The molecule has 1 aliphatic heterocycles. The van der Waals surface area contributed by atoms with Gasteiger partial charge in [-0.15, -0.1) is 0 Å². The molecule has 1 heterocycles. The van der Waals surface area contributed by atoms with Crippen LogP contribution in [0.3, 0.4) is 0 Å². The van der Waals surface area contributed by atoms with E-state index in [4.69, 9.17) is 9.47 Å². The molecule has 2 unspecified atom stereocenters. The lowest BCUT2D eigenvalue weighted by Gasteiger charge is -2.35. The number of carbonyl (C=O) groups excluding carboxylic acids is 2. The largest absolute Gasteiger partial charge is 0.383 e. The van der Waals surface area contributed by atoms with Gasteiger partial charge in [-0.1, -0.05) is 96.4 Å². The molecule has 1 N–H and O–H groups in total. The molecule has 1 aliphatic rings. The number of carbonyl (C=O) groups is 2. The lowest BCUT2D eigenvalue weighted by molar-refractivity contribution is -0.122. The molecule has 0 aromatic rings. The Balaban J connectivity index is -0.000000792. The monoisotopic (exact) mass is 587 g/mol. The molecule has 0 radical (unpaired) electrons. The van der Waals surface area contributed by atoms with Crippen LogP contribution in [0, 0.1) is 21.7 Å². The Kier molecular flexibility index (Phi) is 24.4. The number of nitrogens with zero attached hydrogens (tertiary/aromatic N) is 1. The molecule has 1 rings (SSSR count). The van der Waals surface area contributed by atoms with Crippen LogP contribution in [-0.4, -0.2) is 70.2 Å². The van der Waals surface area contributed by atoms with Crippen molar-refractivity contribution in [2.45, 2.75) is 154 Å². The van der Waals surface area contributed by atoms with E-state index in [-0.39, 0.29) is 22.2 Å². The Labute approximate surface area is 257 Å². The number of ether oxygens (including phenoxy) is 2. The minimum absolute atomic E-state index is 0.0131. The van der Waals surface area contributed by atoms with Crippen molar-refractivity contribution in [1.82, 2.24) is 10.2 Å². The summed E-state index contributed by atoms with van der Waals surface area (Å²) in [7, 11) is 5.63. The van der Waals surface area contributed by atoms with E-state index in [0.29, 0.717) is 36.9 Å². The van der Waals surface area contributed by atoms with Crippen molar-refractivity contribution in [3.63, 3.8) is 0 Å². The van der Waals surface area contributed by atoms with Gasteiger partial charge < -0.3 is 19.6 Å². The fourth-order valence-corrected chi connectivity index (χ4v) is 6.27. The maximum atomic E-state index is 12.4. The molecule has 1 amide bonds. The van der Waals surface area contributed by atoms with Gasteiger partial charge in [-0.2, -0.15) is 0 Å². The normalized spacial score (nSPS) is 17.8. The van der Waals surface area contributed by atoms with Gasteiger partial charge in [0.05, 0.1) is 12.7 Å². The number of hydrogen-bond acceptors (Lipinski definition) is 5. The second kappa shape index (κ2) is 22.5. The van der Waals surface area contributed by atoms with Gasteiger partial charge in [0.2, 0.25) is 5.91 Å². The van der Waals surface area contributed by atoms with E-state index in [0.717, 1.165) is 45.1 Å². The summed E-state index contributed by atoms with van der Waals surface area (Å²) in [6.45, 7) is 30.5. The van der Waals surface area contributed by atoms with Crippen LogP contribution in [0.25, 0.3) is 0 Å². The minimum atomic E-state index is -0.0250. The quantitative estimate of drug-likeness (QED) is 0.184. The maximum absolute atomic E-state index is 12.4. The molecule has 1 saturated heterocycles. The molecule has 0 saturated carbocycles. The molecule has 2 atom stereocenters. The van der Waals surface area contributed by atoms with Crippen LogP contribution in [0.1, 0.15) is 141 Å². The van der Waals surface area contributed by atoms with Gasteiger partial charge in [0.15, 0.2) is 0 Å². The number of aldehydes is 1. The average molecular weight is 587 g/mol. The zero-order valence-electron chi connectivity index (χ0n) is 30.6. The van der Waals surface area contributed by atoms with Gasteiger partial charge in [0, 0.05) is 46.2 Å². The molecule has 6 heteroatoms. The Hall–Kier alpha value is -0.980. The molecule has 0 bridgehead atoms. The molecule has 0 aromatic carbocycles. The summed E-state index contributed by atoms with van der Waals surface area (Å²) >= 11 is 0. The summed E-state index contributed by atoms with van der Waals surface area (Å²) in [5, 5.41) is 3.12. The number of likely N-dealkylation sites (tertiary alicyclic amines) is 1. The molecule has 1 fully saturated rings. The predicted octanol–water partition coefficient (Wildman–Crippen LogP) is 8.56. The summed E-state index contributed by atoms with van der Waals surface area (Å²) in [6, 6.07) is 0.546. The fourth-order valence-electron chi connectivity index (χ4n) is 6.27. The summed E-state index contributed by atoms with van der Waals surface area (Å²) in [5.74, 6) is 0.146. The highest BCUT2D eigenvalue weighted by atomic mass is 16.5. The first-order chi connectivity index (χ1) is 18.9. The van der Waals surface area contributed by atoms with Gasteiger partial charge in [0.1, 0.15) is 6.29 Å².